The average molecular weight is 168 g/mol. The van der Waals surface area contributed by atoms with E-state index in [0.29, 0.717) is 12.1 Å². The molecule has 2 heteroatoms. The highest BCUT2D eigenvalue weighted by molar-refractivity contribution is 4.88. The molecule has 0 aromatic carbocycles. The van der Waals surface area contributed by atoms with Crippen LogP contribution in [0.15, 0.2) is 0 Å². The molecule has 2 nitrogen and oxygen atoms in total. The minimum atomic E-state index is 0.689. The van der Waals surface area contributed by atoms with Crippen molar-refractivity contribution in [3.63, 3.8) is 0 Å². The molecule has 2 aliphatic rings. The van der Waals surface area contributed by atoms with E-state index in [0.717, 1.165) is 6.04 Å². The van der Waals surface area contributed by atoms with Crippen LogP contribution in [0.2, 0.25) is 0 Å². The second-order valence-electron chi connectivity index (χ2n) is 4.51. The smallest absolute Gasteiger partial charge is 0.0169 e. The minimum Gasteiger partial charge on any atom is -0.309 e. The zero-order valence-electron chi connectivity index (χ0n) is 8.21. The largest absolute Gasteiger partial charge is 0.309 e. The van der Waals surface area contributed by atoms with Gasteiger partial charge < -0.3 is 5.32 Å². The molecule has 1 N–H and O–H groups in total. The van der Waals surface area contributed by atoms with E-state index in [1.165, 1.54) is 32.4 Å². The Kier molecular flexibility index (Phi) is 2.37. The Labute approximate surface area is 75.3 Å². The zero-order valence-corrected chi connectivity index (χ0v) is 8.21. The van der Waals surface area contributed by atoms with Crippen LogP contribution in [-0.2, 0) is 0 Å². The molecule has 70 valence electrons. The number of nitrogens with one attached hydrogen (secondary N) is 1. The van der Waals surface area contributed by atoms with E-state index in [1.807, 2.05) is 0 Å². The first-order valence-electron chi connectivity index (χ1n) is 5.26. The first-order valence-corrected chi connectivity index (χ1v) is 5.26. The summed E-state index contributed by atoms with van der Waals surface area (Å²) in [5.74, 6) is 0. The summed E-state index contributed by atoms with van der Waals surface area (Å²) < 4.78 is 0. The third-order valence-corrected chi connectivity index (χ3v) is 3.18. The number of rotatable bonds is 1. The highest BCUT2D eigenvalue weighted by Crippen LogP contribution is 2.26. The van der Waals surface area contributed by atoms with Crippen LogP contribution in [-0.4, -0.2) is 36.1 Å². The van der Waals surface area contributed by atoms with Gasteiger partial charge in [0.15, 0.2) is 0 Å². The van der Waals surface area contributed by atoms with Crippen molar-refractivity contribution in [3.05, 3.63) is 0 Å². The van der Waals surface area contributed by atoms with E-state index < -0.39 is 0 Å². The van der Waals surface area contributed by atoms with E-state index in [1.54, 1.807) is 0 Å². The van der Waals surface area contributed by atoms with Gasteiger partial charge in [0.05, 0.1) is 0 Å². The molecule has 0 bridgehead atoms. The van der Waals surface area contributed by atoms with Crippen molar-refractivity contribution in [2.45, 2.75) is 51.2 Å². The Morgan fingerprint density at radius 1 is 1.08 bits per heavy atom. The summed E-state index contributed by atoms with van der Waals surface area (Å²) in [4.78, 5) is 2.68. The fourth-order valence-corrected chi connectivity index (χ4v) is 2.42. The summed E-state index contributed by atoms with van der Waals surface area (Å²) in [7, 11) is 0. The molecule has 2 fully saturated rings. The lowest BCUT2D eigenvalue weighted by atomic mass is 9.90. The van der Waals surface area contributed by atoms with Gasteiger partial charge in [-0.25, -0.2) is 0 Å². The molecule has 0 spiro atoms. The molecule has 1 saturated heterocycles. The Bertz CT molecular complexity index is 144. The van der Waals surface area contributed by atoms with Crippen LogP contribution in [0.25, 0.3) is 0 Å². The zero-order chi connectivity index (χ0) is 8.55. The van der Waals surface area contributed by atoms with Crippen LogP contribution in [0.1, 0.15) is 33.1 Å². The summed E-state index contributed by atoms with van der Waals surface area (Å²) in [5, 5.41) is 3.57. The van der Waals surface area contributed by atoms with Gasteiger partial charge in [-0.05, 0) is 26.7 Å². The number of nitrogens with zero attached hydrogens (tertiary/aromatic N) is 1. The molecule has 2 rings (SSSR count). The summed E-state index contributed by atoms with van der Waals surface area (Å²) in [6, 6.07) is 2.31. The van der Waals surface area contributed by atoms with E-state index in [2.05, 4.69) is 24.1 Å². The molecule has 0 unspecified atom stereocenters. The predicted octanol–water partition coefficient (Wildman–Crippen LogP) is 1.22. The Hall–Kier alpha value is -0.0800. The number of piperazine rings is 1. The van der Waals surface area contributed by atoms with Crippen LogP contribution in [0, 0.1) is 0 Å². The summed E-state index contributed by atoms with van der Waals surface area (Å²) in [5.41, 5.74) is 0. The first-order chi connectivity index (χ1) is 5.75. The molecule has 1 aliphatic heterocycles. The van der Waals surface area contributed by atoms with Crippen molar-refractivity contribution in [2.75, 3.05) is 13.1 Å². The SMILES string of the molecule is C[C@@H]1CN(C2CCC2)C[C@@H](C)N1. The fraction of sp³-hybridized carbons (Fsp3) is 1.00. The van der Waals surface area contributed by atoms with Crippen LogP contribution in [0.5, 0.6) is 0 Å². The molecule has 0 radical (unpaired) electrons. The standard InChI is InChI=1S/C10H20N2/c1-8-6-12(7-9(2)11-8)10-4-3-5-10/h8-11H,3-7H2,1-2H3/t8-,9-/m1/s1. The van der Waals surface area contributed by atoms with Crippen molar-refractivity contribution in [3.8, 4) is 0 Å². The van der Waals surface area contributed by atoms with Gasteiger partial charge >= 0.3 is 0 Å². The van der Waals surface area contributed by atoms with Crippen LogP contribution in [0.4, 0.5) is 0 Å². The van der Waals surface area contributed by atoms with Crippen molar-refractivity contribution in [1.82, 2.24) is 10.2 Å². The Balaban J connectivity index is 1.87. The average Bonchev–Trinajstić information content (AvgIpc) is 1.79. The molecule has 2 atom stereocenters. The van der Waals surface area contributed by atoms with Gasteiger partial charge in [0.1, 0.15) is 0 Å². The van der Waals surface area contributed by atoms with Gasteiger partial charge in [-0.15, -0.1) is 0 Å². The lowest BCUT2D eigenvalue weighted by molar-refractivity contribution is 0.0775. The summed E-state index contributed by atoms with van der Waals surface area (Å²) >= 11 is 0. The van der Waals surface area contributed by atoms with E-state index >= 15 is 0 Å². The van der Waals surface area contributed by atoms with Crippen LogP contribution >= 0.6 is 0 Å². The van der Waals surface area contributed by atoms with Crippen molar-refractivity contribution in [1.29, 1.82) is 0 Å². The van der Waals surface area contributed by atoms with Gasteiger partial charge in [0.2, 0.25) is 0 Å². The van der Waals surface area contributed by atoms with E-state index in [4.69, 9.17) is 0 Å². The van der Waals surface area contributed by atoms with Gasteiger partial charge in [-0.2, -0.15) is 0 Å². The van der Waals surface area contributed by atoms with E-state index in [9.17, 15) is 0 Å². The van der Waals surface area contributed by atoms with Gasteiger partial charge in [-0.3, -0.25) is 4.90 Å². The van der Waals surface area contributed by atoms with Crippen molar-refractivity contribution in [2.24, 2.45) is 0 Å². The van der Waals surface area contributed by atoms with Gasteiger partial charge in [0.25, 0.3) is 0 Å². The van der Waals surface area contributed by atoms with Gasteiger partial charge in [0, 0.05) is 31.2 Å². The maximum atomic E-state index is 3.57. The highest BCUT2D eigenvalue weighted by atomic mass is 15.2. The molecule has 1 saturated carbocycles. The van der Waals surface area contributed by atoms with Gasteiger partial charge in [-0.1, -0.05) is 6.42 Å². The molecule has 1 heterocycles. The molecule has 12 heavy (non-hydrogen) atoms. The monoisotopic (exact) mass is 168 g/mol. The fourth-order valence-electron chi connectivity index (χ4n) is 2.42. The maximum Gasteiger partial charge on any atom is 0.0169 e. The molecular formula is C10H20N2. The molecule has 0 aromatic heterocycles. The van der Waals surface area contributed by atoms with Crippen molar-refractivity contribution < 1.29 is 0 Å². The van der Waals surface area contributed by atoms with Crippen molar-refractivity contribution >= 4 is 0 Å². The lowest BCUT2D eigenvalue weighted by Crippen LogP contribution is -2.58. The molecule has 1 aliphatic carbocycles. The second kappa shape index (κ2) is 3.35. The highest BCUT2D eigenvalue weighted by Gasteiger charge is 2.29. The Morgan fingerprint density at radius 2 is 1.67 bits per heavy atom. The number of hydrogen-bond donors (Lipinski definition) is 1. The molecule has 0 aromatic rings. The topological polar surface area (TPSA) is 15.3 Å². The Morgan fingerprint density at radius 3 is 2.08 bits per heavy atom. The van der Waals surface area contributed by atoms with Crippen LogP contribution < -0.4 is 5.32 Å². The number of hydrogen-bond acceptors (Lipinski definition) is 2. The van der Waals surface area contributed by atoms with E-state index in [-0.39, 0.29) is 0 Å². The molecule has 0 amide bonds. The summed E-state index contributed by atoms with van der Waals surface area (Å²) in [6.07, 6.45) is 4.34. The predicted molar refractivity (Wildman–Crippen MR) is 51.3 cm³/mol. The first kappa shape index (κ1) is 8.52. The quantitative estimate of drug-likeness (QED) is 0.633. The maximum absolute atomic E-state index is 3.57. The minimum absolute atomic E-state index is 0.689. The van der Waals surface area contributed by atoms with Crippen LogP contribution in [0.3, 0.4) is 0 Å². The normalized spacial score (nSPS) is 39.5. The third-order valence-electron chi connectivity index (χ3n) is 3.18. The lowest BCUT2D eigenvalue weighted by Gasteiger charge is -2.44. The third kappa shape index (κ3) is 1.64. The summed E-state index contributed by atoms with van der Waals surface area (Å²) in [6.45, 7) is 7.10. The second-order valence-corrected chi connectivity index (χ2v) is 4.51. The molecular weight excluding hydrogens is 148 g/mol.